The van der Waals surface area contributed by atoms with Crippen molar-refractivity contribution in [2.24, 2.45) is 7.05 Å². The van der Waals surface area contributed by atoms with E-state index in [9.17, 15) is 22.8 Å². The average Bonchev–Trinajstić information content (AvgIpc) is 2.71. The van der Waals surface area contributed by atoms with Crippen LogP contribution in [0.3, 0.4) is 0 Å². The minimum atomic E-state index is -4.72. The number of hydrogen-bond acceptors (Lipinski definition) is 3. The number of ketones is 1. The normalized spacial score (nSPS) is 12.5. The maximum Gasteiger partial charge on any atom is 0.417 e. The molecular formula is C17H18F3NO3. The predicted octanol–water partition coefficient (Wildman–Crippen LogP) is 4.36. The van der Waals surface area contributed by atoms with Gasteiger partial charge in [-0.05, 0) is 39.0 Å². The molecule has 0 unspecified atom stereocenters. The lowest BCUT2D eigenvalue weighted by Gasteiger charge is -2.21. The number of aromatic nitrogens is 1. The smallest absolute Gasteiger partial charge is 0.417 e. The minimum absolute atomic E-state index is 0.222. The van der Waals surface area contributed by atoms with Gasteiger partial charge >= 0.3 is 12.1 Å². The Morgan fingerprint density at radius 3 is 2.12 bits per heavy atom. The standard InChI is InChI=1S/C17H18F3NO3/c1-9(22)13-7-10-6-11(15(23)24-16(2,3)4)12(17(18,19)20)8-14(10)21(13)5/h6-8H,1-5H3. The molecular weight excluding hydrogens is 323 g/mol. The van der Waals surface area contributed by atoms with Crippen molar-refractivity contribution in [3.8, 4) is 0 Å². The highest BCUT2D eigenvalue weighted by Gasteiger charge is 2.37. The van der Waals surface area contributed by atoms with Crippen molar-refractivity contribution in [1.29, 1.82) is 0 Å². The van der Waals surface area contributed by atoms with E-state index in [0.717, 1.165) is 12.1 Å². The molecule has 0 spiro atoms. The molecule has 0 saturated heterocycles. The molecule has 0 fully saturated rings. The van der Waals surface area contributed by atoms with Gasteiger partial charge in [0.25, 0.3) is 0 Å². The first-order valence-electron chi connectivity index (χ1n) is 7.26. The van der Waals surface area contributed by atoms with E-state index in [1.807, 2.05) is 0 Å². The van der Waals surface area contributed by atoms with Crippen LogP contribution in [0.2, 0.25) is 0 Å². The molecule has 130 valence electrons. The highest BCUT2D eigenvalue weighted by Crippen LogP contribution is 2.36. The molecule has 0 aliphatic carbocycles. The first-order chi connectivity index (χ1) is 10.8. The summed E-state index contributed by atoms with van der Waals surface area (Å²) in [5.74, 6) is -1.33. The van der Waals surface area contributed by atoms with E-state index in [1.54, 1.807) is 20.8 Å². The summed E-state index contributed by atoms with van der Waals surface area (Å²) in [6.07, 6.45) is -4.72. The fourth-order valence-electron chi connectivity index (χ4n) is 2.46. The minimum Gasteiger partial charge on any atom is -0.456 e. The van der Waals surface area contributed by atoms with Gasteiger partial charge in [0.05, 0.1) is 16.8 Å². The third-order valence-electron chi connectivity index (χ3n) is 3.47. The van der Waals surface area contributed by atoms with Crippen molar-refractivity contribution in [3.63, 3.8) is 0 Å². The molecule has 24 heavy (non-hydrogen) atoms. The summed E-state index contributed by atoms with van der Waals surface area (Å²) in [4.78, 5) is 23.8. The van der Waals surface area contributed by atoms with E-state index < -0.39 is 28.9 Å². The summed E-state index contributed by atoms with van der Waals surface area (Å²) in [7, 11) is 1.51. The summed E-state index contributed by atoms with van der Waals surface area (Å²) >= 11 is 0. The average molecular weight is 341 g/mol. The number of nitrogens with zero attached hydrogens (tertiary/aromatic N) is 1. The zero-order valence-corrected chi connectivity index (χ0v) is 14.0. The molecule has 1 heterocycles. The van der Waals surface area contributed by atoms with Gasteiger partial charge in [-0.15, -0.1) is 0 Å². The van der Waals surface area contributed by atoms with Crippen molar-refractivity contribution < 1.29 is 27.5 Å². The summed E-state index contributed by atoms with van der Waals surface area (Å²) < 4.78 is 46.6. The fourth-order valence-corrected chi connectivity index (χ4v) is 2.46. The number of rotatable bonds is 2. The molecule has 0 aliphatic heterocycles. The molecule has 1 aromatic heterocycles. The van der Waals surface area contributed by atoms with Crippen molar-refractivity contribution in [2.45, 2.75) is 39.5 Å². The first-order valence-corrected chi connectivity index (χ1v) is 7.26. The van der Waals surface area contributed by atoms with Gasteiger partial charge < -0.3 is 9.30 Å². The van der Waals surface area contributed by atoms with Crippen LogP contribution >= 0.6 is 0 Å². The number of Topliss-reactive ketones (excluding diaryl/α,β-unsaturated/α-hetero) is 1. The monoisotopic (exact) mass is 341 g/mol. The Kier molecular flexibility index (Phi) is 4.24. The number of carbonyl (C=O) groups excluding carboxylic acids is 2. The molecule has 2 aromatic rings. The van der Waals surface area contributed by atoms with Gasteiger partial charge in [0.1, 0.15) is 5.60 Å². The maximum atomic E-state index is 13.4. The van der Waals surface area contributed by atoms with Gasteiger partial charge in [-0.2, -0.15) is 13.2 Å². The van der Waals surface area contributed by atoms with Crippen LogP contribution < -0.4 is 0 Å². The second kappa shape index (κ2) is 5.65. The lowest BCUT2D eigenvalue weighted by molar-refractivity contribution is -0.138. The number of carbonyl (C=O) groups is 2. The quantitative estimate of drug-likeness (QED) is 0.602. The van der Waals surface area contributed by atoms with Crippen LogP contribution in [0.15, 0.2) is 18.2 Å². The summed E-state index contributed by atoms with van der Waals surface area (Å²) in [5.41, 5.74) is -2.08. The van der Waals surface area contributed by atoms with Gasteiger partial charge in [-0.25, -0.2) is 4.79 Å². The molecule has 0 amide bonds. The Bertz CT molecular complexity index is 826. The van der Waals surface area contributed by atoms with Gasteiger partial charge in [0, 0.05) is 24.9 Å². The lowest BCUT2D eigenvalue weighted by atomic mass is 10.0. The highest BCUT2D eigenvalue weighted by atomic mass is 19.4. The van der Waals surface area contributed by atoms with E-state index >= 15 is 0 Å². The van der Waals surface area contributed by atoms with Crippen LogP contribution in [0.4, 0.5) is 13.2 Å². The van der Waals surface area contributed by atoms with Crippen LogP contribution in [0, 0.1) is 0 Å². The maximum absolute atomic E-state index is 13.4. The van der Waals surface area contributed by atoms with Crippen molar-refractivity contribution in [2.75, 3.05) is 0 Å². The number of hydrogen-bond donors (Lipinski definition) is 0. The van der Waals surface area contributed by atoms with Crippen LogP contribution in [-0.4, -0.2) is 21.9 Å². The topological polar surface area (TPSA) is 48.3 Å². The van der Waals surface area contributed by atoms with Crippen LogP contribution in [0.5, 0.6) is 0 Å². The van der Waals surface area contributed by atoms with Crippen LogP contribution in [0.1, 0.15) is 54.1 Å². The van der Waals surface area contributed by atoms with E-state index in [2.05, 4.69) is 0 Å². The lowest BCUT2D eigenvalue weighted by Crippen LogP contribution is -2.25. The third-order valence-corrected chi connectivity index (χ3v) is 3.47. The second-order valence-corrected chi connectivity index (χ2v) is 6.60. The molecule has 4 nitrogen and oxygen atoms in total. The zero-order valence-electron chi connectivity index (χ0n) is 14.0. The molecule has 0 aliphatic rings. The highest BCUT2D eigenvalue weighted by molar-refractivity contribution is 6.02. The zero-order chi connectivity index (χ0) is 18.4. The SMILES string of the molecule is CC(=O)c1cc2cc(C(=O)OC(C)(C)C)c(C(F)(F)F)cc2n1C. The molecule has 2 rings (SSSR count). The Labute approximate surface area is 137 Å². The van der Waals surface area contributed by atoms with Gasteiger partial charge in [0.15, 0.2) is 5.78 Å². The number of aryl methyl sites for hydroxylation is 1. The number of ether oxygens (including phenoxy) is 1. The van der Waals surface area contributed by atoms with E-state index in [0.29, 0.717) is 5.39 Å². The van der Waals surface area contributed by atoms with E-state index in [4.69, 9.17) is 4.74 Å². The Hall–Kier alpha value is -2.31. The molecule has 1 aromatic carbocycles. The number of esters is 1. The number of alkyl halides is 3. The fraction of sp³-hybridized carbons (Fsp3) is 0.412. The van der Waals surface area contributed by atoms with Crippen LogP contribution in [0.25, 0.3) is 10.9 Å². The Morgan fingerprint density at radius 2 is 1.67 bits per heavy atom. The summed E-state index contributed by atoms with van der Waals surface area (Å²) in [5, 5.41) is 0.372. The predicted molar refractivity (Wildman–Crippen MR) is 83.1 cm³/mol. The van der Waals surface area contributed by atoms with Crippen molar-refractivity contribution >= 4 is 22.7 Å². The summed E-state index contributed by atoms with van der Waals surface area (Å²) in [6.45, 7) is 6.06. The molecule has 0 radical (unpaired) electrons. The van der Waals surface area contributed by atoms with Crippen molar-refractivity contribution in [3.05, 3.63) is 35.0 Å². The first kappa shape index (κ1) is 18.0. The van der Waals surface area contributed by atoms with Gasteiger partial charge in [-0.1, -0.05) is 0 Å². The van der Waals surface area contributed by atoms with E-state index in [-0.39, 0.29) is 17.0 Å². The summed E-state index contributed by atoms with van der Waals surface area (Å²) in [6, 6.07) is 3.46. The molecule has 0 N–H and O–H groups in total. The number of fused-ring (bicyclic) bond motifs is 1. The second-order valence-electron chi connectivity index (χ2n) is 6.60. The Morgan fingerprint density at radius 1 is 1.08 bits per heavy atom. The van der Waals surface area contributed by atoms with E-state index in [1.165, 1.54) is 24.6 Å². The number of benzene rings is 1. The Balaban J connectivity index is 2.73. The third kappa shape index (κ3) is 3.44. The van der Waals surface area contributed by atoms with Gasteiger partial charge in [0.2, 0.25) is 0 Å². The molecule has 7 heteroatoms. The number of halogens is 3. The van der Waals surface area contributed by atoms with Crippen LogP contribution in [-0.2, 0) is 18.0 Å². The molecule has 0 atom stereocenters. The largest absolute Gasteiger partial charge is 0.456 e. The molecule has 0 bridgehead atoms. The molecule has 0 saturated carbocycles. The van der Waals surface area contributed by atoms with Gasteiger partial charge in [-0.3, -0.25) is 4.79 Å². The van der Waals surface area contributed by atoms with Crippen molar-refractivity contribution in [1.82, 2.24) is 4.57 Å².